The van der Waals surface area contributed by atoms with E-state index in [9.17, 15) is 0 Å². The largest absolute Gasteiger partial charge is 0.354 e. The van der Waals surface area contributed by atoms with Gasteiger partial charge in [-0.1, -0.05) is 25.1 Å². The molecule has 0 aliphatic heterocycles. The molecule has 0 saturated carbocycles. The first-order chi connectivity index (χ1) is 10.2. The third-order valence-electron chi connectivity index (χ3n) is 3.32. The van der Waals surface area contributed by atoms with Crippen molar-refractivity contribution in [2.45, 2.75) is 32.9 Å². The zero-order chi connectivity index (χ0) is 15.1. The van der Waals surface area contributed by atoms with Crippen molar-refractivity contribution >= 4 is 29.9 Å². The van der Waals surface area contributed by atoms with Gasteiger partial charge in [0.05, 0.1) is 17.9 Å². The molecule has 5 nitrogen and oxygen atoms in total. The van der Waals surface area contributed by atoms with Gasteiger partial charge in [0, 0.05) is 19.3 Å². The van der Waals surface area contributed by atoms with Crippen LogP contribution in [0.15, 0.2) is 47.6 Å². The fraction of sp³-hybridized carbons (Fsp3) is 0.375. The summed E-state index contributed by atoms with van der Waals surface area (Å²) >= 11 is 0. The number of halogens is 1. The molecule has 0 aliphatic rings. The predicted octanol–water partition coefficient (Wildman–Crippen LogP) is 2.95. The van der Waals surface area contributed by atoms with E-state index in [-0.39, 0.29) is 24.0 Å². The maximum atomic E-state index is 4.56. The van der Waals surface area contributed by atoms with E-state index >= 15 is 0 Å². The fourth-order valence-electron chi connectivity index (χ4n) is 1.88. The quantitative estimate of drug-likeness (QED) is 0.450. The van der Waals surface area contributed by atoms with Gasteiger partial charge in [0.15, 0.2) is 5.96 Å². The maximum Gasteiger partial charge on any atom is 0.191 e. The molecule has 0 fully saturated rings. The van der Waals surface area contributed by atoms with Gasteiger partial charge >= 0.3 is 0 Å². The van der Waals surface area contributed by atoms with Gasteiger partial charge in [0.1, 0.15) is 0 Å². The minimum absolute atomic E-state index is 0. The Hall–Kier alpha value is -1.57. The molecule has 0 bridgehead atoms. The van der Waals surface area contributed by atoms with E-state index < -0.39 is 0 Å². The number of rotatable bonds is 5. The molecule has 0 radical (unpaired) electrons. The zero-order valence-corrected chi connectivity index (χ0v) is 15.6. The lowest BCUT2D eigenvalue weighted by atomic mass is 10.3. The summed E-state index contributed by atoms with van der Waals surface area (Å²) in [5.74, 6) is 0.804. The second-order valence-electron chi connectivity index (χ2n) is 4.97. The standard InChI is InChI=1S/C16H23N5.HI/c1-4-13(2)19-16(17-3)18-12-14-10-11-21(20-14)15-8-6-5-7-9-15;/h5-11,13H,4,12H2,1-3H3,(H2,17,18,19);1H. The van der Waals surface area contributed by atoms with Crippen molar-refractivity contribution in [3.8, 4) is 5.69 Å². The smallest absolute Gasteiger partial charge is 0.191 e. The lowest BCUT2D eigenvalue weighted by Gasteiger charge is -2.15. The number of aromatic nitrogens is 2. The summed E-state index contributed by atoms with van der Waals surface area (Å²) in [6, 6.07) is 12.5. The first-order valence-corrected chi connectivity index (χ1v) is 7.30. The summed E-state index contributed by atoms with van der Waals surface area (Å²) in [6.07, 6.45) is 3.03. The fourth-order valence-corrected chi connectivity index (χ4v) is 1.88. The molecular formula is C16H24IN5. The molecule has 1 heterocycles. The highest BCUT2D eigenvalue weighted by molar-refractivity contribution is 14.0. The molecule has 0 aliphatic carbocycles. The summed E-state index contributed by atoms with van der Waals surface area (Å²) in [7, 11) is 1.78. The van der Waals surface area contributed by atoms with Crippen LogP contribution in [0.2, 0.25) is 0 Å². The number of para-hydroxylation sites is 1. The summed E-state index contributed by atoms with van der Waals surface area (Å²) in [6.45, 7) is 4.93. The van der Waals surface area contributed by atoms with Gasteiger partial charge in [0.2, 0.25) is 0 Å². The lowest BCUT2D eigenvalue weighted by molar-refractivity contribution is 0.622. The van der Waals surface area contributed by atoms with Crippen molar-refractivity contribution in [2.24, 2.45) is 4.99 Å². The molecule has 120 valence electrons. The van der Waals surface area contributed by atoms with Crippen molar-refractivity contribution in [3.63, 3.8) is 0 Å². The molecule has 1 unspecified atom stereocenters. The van der Waals surface area contributed by atoms with Crippen LogP contribution in [0.3, 0.4) is 0 Å². The van der Waals surface area contributed by atoms with E-state index in [1.165, 1.54) is 0 Å². The Balaban J connectivity index is 0.00000242. The average Bonchev–Trinajstić information content (AvgIpc) is 3.01. The molecule has 1 aromatic carbocycles. The number of nitrogens with one attached hydrogen (secondary N) is 2. The number of hydrogen-bond donors (Lipinski definition) is 2. The highest BCUT2D eigenvalue weighted by Gasteiger charge is 2.04. The summed E-state index contributed by atoms with van der Waals surface area (Å²) in [5, 5.41) is 11.2. The molecule has 2 aromatic rings. The molecule has 22 heavy (non-hydrogen) atoms. The Bertz CT molecular complexity index is 579. The van der Waals surface area contributed by atoms with Gasteiger partial charge in [-0.2, -0.15) is 5.10 Å². The molecule has 2 rings (SSSR count). The average molecular weight is 413 g/mol. The van der Waals surface area contributed by atoms with Crippen molar-refractivity contribution in [2.75, 3.05) is 7.05 Å². The summed E-state index contributed by atoms with van der Waals surface area (Å²) in [4.78, 5) is 4.22. The van der Waals surface area contributed by atoms with E-state index in [0.29, 0.717) is 12.6 Å². The van der Waals surface area contributed by atoms with Gasteiger partial charge in [-0.15, -0.1) is 24.0 Å². The van der Waals surface area contributed by atoms with E-state index in [0.717, 1.165) is 23.8 Å². The minimum Gasteiger partial charge on any atom is -0.354 e. The van der Waals surface area contributed by atoms with Crippen molar-refractivity contribution in [1.82, 2.24) is 20.4 Å². The van der Waals surface area contributed by atoms with Crippen LogP contribution < -0.4 is 10.6 Å². The van der Waals surface area contributed by atoms with Crippen LogP contribution in [0.1, 0.15) is 26.0 Å². The van der Waals surface area contributed by atoms with Crippen LogP contribution in [0, 0.1) is 0 Å². The Morgan fingerprint density at radius 1 is 1.27 bits per heavy atom. The Morgan fingerprint density at radius 2 is 2.00 bits per heavy atom. The number of hydrogen-bond acceptors (Lipinski definition) is 2. The van der Waals surface area contributed by atoms with Gasteiger partial charge in [-0.3, -0.25) is 4.99 Å². The first kappa shape index (κ1) is 18.5. The first-order valence-electron chi connectivity index (χ1n) is 7.30. The highest BCUT2D eigenvalue weighted by Crippen LogP contribution is 2.06. The maximum absolute atomic E-state index is 4.56. The topological polar surface area (TPSA) is 54.2 Å². The Morgan fingerprint density at radius 3 is 2.64 bits per heavy atom. The molecule has 0 saturated heterocycles. The third kappa shape index (κ3) is 5.32. The second kappa shape index (κ2) is 9.45. The number of guanidine groups is 1. The van der Waals surface area contributed by atoms with Crippen molar-refractivity contribution < 1.29 is 0 Å². The number of aliphatic imine (C=N–C) groups is 1. The van der Waals surface area contributed by atoms with E-state index in [2.05, 4.69) is 34.6 Å². The Kier molecular flexibility index (Phi) is 7.94. The number of nitrogens with zero attached hydrogens (tertiary/aromatic N) is 3. The Labute approximate surface area is 149 Å². The van der Waals surface area contributed by atoms with Gasteiger partial charge < -0.3 is 10.6 Å². The van der Waals surface area contributed by atoms with Crippen LogP contribution in [0.25, 0.3) is 5.69 Å². The molecule has 1 aromatic heterocycles. The third-order valence-corrected chi connectivity index (χ3v) is 3.32. The van der Waals surface area contributed by atoms with Crippen molar-refractivity contribution in [1.29, 1.82) is 0 Å². The van der Waals surface area contributed by atoms with Gasteiger partial charge in [-0.05, 0) is 31.5 Å². The van der Waals surface area contributed by atoms with E-state index in [1.807, 2.05) is 47.3 Å². The van der Waals surface area contributed by atoms with Crippen LogP contribution in [-0.2, 0) is 6.54 Å². The molecule has 0 amide bonds. The van der Waals surface area contributed by atoms with Crippen LogP contribution >= 0.6 is 24.0 Å². The van der Waals surface area contributed by atoms with Crippen LogP contribution in [0.4, 0.5) is 0 Å². The minimum atomic E-state index is 0. The SMILES string of the molecule is CCC(C)NC(=NC)NCc1ccn(-c2ccccc2)n1.I. The second-order valence-corrected chi connectivity index (χ2v) is 4.97. The summed E-state index contributed by atoms with van der Waals surface area (Å²) in [5.41, 5.74) is 2.04. The molecular weight excluding hydrogens is 389 g/mol. The van der Waals surface area contributed by atoms with Crippen LogP contribution in [0.5, 0.6) is 0 Å². The number of benzene rings is 1. The van der Waals surface area contributed by atoms with Gasteiger partial charge in [0.25, 0.3) is 0 Å². The van der Waals surface area contributed by atoms with E-state index in [1.54, 1.807) is 7.05 Å². The summed E-state index contributed by atoms with van der Waals surface area (Å²) < 4.78 is 1.88. The lowest BCUT2D eigenvalue weighted by Crippen LogP contribution is -2.41. The zero-order valence-electron chi connectivity index (χ0n) is 13.3. The van der Waals surface area contributed by atoms with Gasteiger partial charge in [-0.25, -0.2) is 4.68 Å². The van der Waals surface area contributed by atoms with Crippen LogP contribution in [-0.4, -0.2) is 28.8 Å². The molecule has 6 heteroatoms. The molecule has 0 spiro atoms. The molecule has 1 atom stereocenters. The molecule has 2 N–H and O–H groups in total. The van der Waals surface area contributed by atoms with Crippen molar-refractivity contribution in [3.05, 3.63) is 48.3 Å². The monoisotopic (exact) mass is 413 g/mol. The highest BCUT2D eigenvalue weighted by atomic mass is 127. The predicted molar refractivity (Wildman–Crippen MR) is 102 cm³/mol. The normalized spacial score (nSPS) is 12.4. The van der Waals surface area contributed by atoms with E-state index in [4.69, 9.17) is 0 Å².